The number of urea groups is 1. The summed E-state index contributed by atoms with van der Waals surface area (Å²) in [5, 5.41) is 13.0. The topological polar surface area (TPSA) is 76.1 Å². The summed E-state index contributed by atoms with van der Waals surface area (Å²) < 4.78 is 0. The number of thioether (sulfide) groups is 1. The highest BCUT2D eigenvalue weighted by Gasteiger charge is 2.33. The van der Waals surface area contributed by atoms with Crippen LogP contribution in [0.1, 0.15) is 26.7 Å². The van der Waals surface area contributed by atoms with Crippen LogP contribution in [0.3, 0.4) is 0 Å². The normalized spacial score (nSPS) is 24.1. The first-order chi connectivity index (χ1) is 14.3. The van der Waals surface area contributed by atoms with Crippen molar-refractivity contribution in [3.05, 3.63) is 36.5 Å². The first kappa shape index (κ1) is 24.5. The first-order valence-corrected chi connectivity index (χ1v) is 11.7. The lowest BCUT2D eigenvalue weighted by Crippen LogP contribution is -2.57. The van der Waals surface area contributed by atoms with Gasteiger partial charge in [-0.1, -0.05) is 36.5 Å². The molecule has 2 unspecified atom stereocenters. The molecule has 3 atom stereocenters. The Morgan fingerprint density at radius 2 is 2.00 bits per heavy atom. The molecule has 0 radical (unpaired) electrons. The van der Waals surface area contributed by atoms with Gasteiger partial charge in [-0.05, 0) is 39.5 Å². The third-order valence-electron chi connectivity index (χ3n) is 5.65. The van der Waals surface area contributed by atoms with Crippen LogP contribution in [-0.2, 0) is 4.79 Å². The van der Waals surface area contributed by atoms with Crippen molar-refractivity contribution in [3.63, 3.8) is 0 Å². The lowest BCUT2D eigenvalue weighted by Gasteiger charge is -2.37. The van der Waals surface area contributed by atoms with E-state index in [4.69, 9.17) is 0 Å². The number of rotatable bonds is 8. The quantitative estimate of drug-likeness (QED) is 0.570. The van der Waals surface area contributed by atoms with Crippen LogP contribution in [0.4, 0.5) is 4.79 Å². The van der Waals surface area contributed by atoms with E-state index in [1.165, 1.54) is 11.8 Å². The van der Waals surface area contributed by atoms with Gasteiger partial charge in [-0.25, -0.2) is 4.79 Å². The Morgan fingerprint density at radius 3 is 2.60 bits per heavy atom. The van der Waals surface area contributed by atoms with E-state index >= 15 is 0 Å². The van der Waals surface area contributed by atoms with Crippen LogP contribution >= 0.6 is 11.8 Å². The van der Waals surface area contributed by atoms with E-state index < -0.39 is 11.5 Å². The molecule has 8 heteroatoms. The largest absolute Gasteiger partial charge is 0.380 e. The smallest absolute Gasteiger partial charge is 0.318 e. The molecular formula is C22H36N4O3S. The van der Waals surface area contributed by atoms with Gasteiger partial charge in [0.05, 0.1) is 6.04 Å². The van der Waals surface area contributed by atoms with Crippen molar-refractivity contribution < 1.29 is 14.7 Å². The molecule has 0 bridgehead atoms. The van der Waals surface area contributed by atoms with Crippen LogP contribution in [0.2, 0.25) is 0 Å². The molecule has 2 aliphatic heterocycles. The fraction of sp³-hybridized carbons (Fsp3) is 0.636. The second-order valence-corrected chi connectivity index (χ2v) is 9.21. The maximum Gasteiger partial charge on any atom is 0.318 e. The Bertz CT molecular complexity index is 659. The van der Waals surface area contributed by atoms with E-state index in [1.54, 1.807) is 17.9 Å². The average molecular weight is 437 g/mol. The number of hydrogen-bond donors (Lipinski definition) is 2. The third-order valence-corrected chi connectivity index (χ3v) is 6.79. The van der Waals surface area contributed by atoms with E-state index in [-0.39, 0.29) is 18.0 Å². The molecule has 2 fully saturated rings. The second kappa shape index (κ2) is 12.2. The SMILES string of the molecule is C=C/C=C\C=C(/C)CCN(C(=O)NC1CCSC1O)[C@@H](C)C(=O)N1CCN(C)CC1. The molecule has 0 aromatic heterocycles. The van der Waals surface area contributed by atoms with Gasteiger partial charge in [0.15, 0.2) is 0 Å². The summed E-state index contributed by atoms with van der Waals surface area (Å²) in [6.45, 7) is 10.9. The number of carbonyl (C=O) groups excluding carboxylic acids is 2. The molecule has 2 N–H and O–H groups in total. The van der Waals surface area contributed by atoms with Crippen molar-refractivity contribution in [1.29, 1.82) is 0 Å². The number of aliphatic hydroxyl groups excluding tert-OH is 1. The van der Waals surface area contributed by atoms with Gasteiger partial charge in [0.25, 0.3) is 0 Å². The number of piperazine rings is 1. The van der Waals surface area contributed by atoms with Crippen LogP contribution in [0, 0.1) is 0 Å². The summed E-state index contributed by atoms with van der Waals surface area (Å²) in [6, 6.07) is -1.12. The van der Waals surface area contributed by atoms with Crippen molar-refractivity contribution in [2.24, 2.45) is 0 Å². The fourth-order valence-electron chi connectivity index (χ4n) is 3.53. The molecule has 2 saturated heterocycles. The molecule has 30 heavy (non-hydrogen) atoms. The van der Waals surface area contributed by atoms with Gasteiger partial charge in [0.2, 0.25) is 5.91 Å². The fourth-order valence-corrected chi connectivity index (χ4v) is 4.60. The third kappa shape index (κ3) is 7.18. The number of amides is 3. The molecule has 0 aliphatic carbocycles. The van der Waals surface area contributed by atoms with E-state index in [0.29, 0.717) is 26.1 Å². The minimum Gasteiger partial charge on any atom is -0.380 e. The molecule has 2 aliphatic rings. The molecule has 3 amide bonds. The summed E-state index contributed by atoms with van der Waals surface area (Å²) in [5.74, 6) is 0.798. The summed E-state index contributed by atoms with van der Waals surface area (Å²) in [6.07, 6.45) is 8.87. The van der Waals surface area contributed by atoms with Gasteiger partial charge in [0, 0.05) is 32.7 Å². The predicted octanol–water partition coefficient (Wildman–Crippen LogP) is 2.06. The van der Waals surface area contributed by atoms with Crippen molar-refractivity contribution in [1.82, 2.24) is 20.0 Å². The molecule has 0 saturated carbocycles. The number of carbonyl (C=O) groups is 2. The Balaban J connectivity index is 2.07. The van der Waals surface area contributed by atoms with Crippen LogP contribution in [-0.4, -0.2) is 94.8 Å². The standard InChI is InChI=1S/C22H36N4O3S/c1-5-6-7-8-17(2)9-11-26(22(29)23-19-10-16-30-21(19)28)18(3)20(27)25-14-12-24(4)13-15-25/h5-8,18-19,21,28H,1,9-16H2,2-4H3,(H,23,29)/b7-6-,17-8+/t18-,19?,21?/m0/s1. The molecule has 0 aromatic carbocycles. The summed E-state index contributed by atoms with van der Waals surface area (Å²) in [4.78, 5) is 31.8. The number of nitrogens with one attached hydrogen (secondary N) is 1. The zero-order chi connectivity index (χ0) is 22.1. The van der Waals surface area contributed by atoms with Crippen LogP contribution in [0.25, 0.3) is 0 Å². The summed E-state index contributed by atoms with van der Waals surface area (Å²) >= 11 is 1.44. The Hall–Kier alpha value is -1.77. The molecular weight excluding hydrogens is 400 g/mol. The number of nitrogens with zero attached hydrogens (tertiary/aromatic N) is 3. The zero-order valence-electron chi connectivity index (χ0n) is 18.4. The van der Waals surface area contributed by atoms with E-state index in [1.807, 2.05) is 37.1 Å². The van der Waals surface area contributed by atoms with Crippen molar-refractivity contribution >= 4 is 23.7 Å². The Kier molecular flexibility index (Phi) is 9.94. The van der Waals surface area contributed by atoms with Crippen molar-refractivity contribution in [2.45, 2.75) is 44.2 Å². The number of hydrogen-bond acceptors (Lipinski definition) is 5. The highest BCUT2D eigenvalue weighted by atomic mass is 32.2. The molecule has 7 nitrogen and oxygen atoms in total. The molecule has 0 aromatic rings. The minimum absolute atomic E-state index is 0.0206. The highest BCUT2D eigenvalue weighted by Crippen LogP contribution is 2.24. The van der Waals surface area contributed by atoms with Crippen molar-refractivity contribution in [2.75, 3.05) is 45.5 Å². The van der Waals surface area contributed by atoms with E-state index in [9.17, 15) is 14.7 Å². The van der Waals surface area contributed by atoms with Gasteiger partial charge in [-0.3, -0.25) is 4.79 Å². The number of allylic oxidation sites excluding steroid dienone is 4. The van der Waals surface area contributed by atoms with Gasteiger partial charge >= 0.3 is 6.03 Å². The lowest BCUT2D eigenvalue weighted by molar-refractivity contribution is -0.137. The number of aliphatic hydroxyl groups is 1. The average Bonchev–Trinajstić information content (AvgIpc) is 3.12. The van der Waals surface area contributed by atoms with Gasteiger partial charge in [0.1, 0.15) is 11.5 Å². The molecule has 168 valence electrons. The summed E-state index contributed by atoms with van der Waals surface area (Å²) in [7, 11) is 2.05. The van der Waals surface area contributed by atoms with Gasteiger partial charge in [-0.2, -0.15) is 0 Å². The van der Waals surface area contributed by atoms with Crippen LogP contribution < -0.4 is 5.32 Å². The second-order valence-electron chi connectivity index (χ2n) is 7.99. The van der Waals surface area contributed by atoms with Gasteiger partial charge in [-0.15, -0.1) is 11.8 Å². The van der Waals surface area contributed by atoms with Crippen LogP contribution in [0.15, 0.2) is 36.5 Å². The Morgan fingerprint density at radius 1 is 1.30 bits per heavy atom. The minimum atomic E-state index is -0.592. The van der Waals surface area contributed by atoms with Gasteiger partial charge < -0.3 is 25.1 Å². The maximum absolute atomic E-state index is 13.1. The summed E-state index contributed by atoms with van der Waals surface area (Å²) in [5.41, 5.74) is 0.520. The number of likely N-dealkylation sites (N-methyl/N-ethyl adjacent to an activating group) is 1. The van der Waals surface area contributed by atoms with E-state index in [2.05, 4.69) is 16.8 Å². The Labute approximate surface area is 184 Å². The molecule has 0 spiro atoms. The van der Waals surface area contributed by atoms with E-state index in [0.717, 1.165) is 30.8 Å². The monoisotopic (exact) mass is 436 g/mol. The molecule has 2 rings (SSSR count). The van der Waals surface area contributed by atoms with Crippen molar-refractivity contribution in [3.8, 4) is 0 Å². The maximum atomic E-state index is 13.1. The van der Waals surface area contributed by atoms with Crippen LogP contribution in [0.5, 0.6) is 0 Å². The zero-order valence-corrected chi connectivity index (χ0v) is 19.2. The highest BCUT2D eigenvalue weighted by molar-refractivity contribution is 8.00. The lowest BCUT2D eigenvalue weighted by atomic mass is 10.1. The predicted molar refractivity (Wildman–Crippen MR) is 123 cm³/mol. The first-order valence-electron chi connectivity index (χ1n) is 10.6. The molecule has 2 heterocycles.